The number of hydrogen-bond acceptors (Lipinski definition) is 8. The van der Waals surface area contributed by atoms with Gasteiger partial charge in [0.15, 0.2) is 11.5 Å². The topological polar surface area (TPSA) is 102 Å². The first-order chi connectivity index (χ1) is 20.6. The van der Waals surface area contributed by atoms with Crippen molar-refractivity contribution >= 4 is 15.9 Å². The number of hydrogen-bond donors (Lipinski definition) is 0. The van der Waals surface area contributed by atoms with E-state index in [4.69, 9.17) is 18.6 Å². The molecule has 1 saturated heterocycles. The monoisotopic (exact) mass is 613 g/mol. The van der Waals surface area contributed by atoms with Gasteiger partial charge in [0.2, 0.25) is 15.9 Å². The summed E-state index contributed by atoms with van der Waals surface area (Å²) in [5, 5.41) is 0. The molecule has 3 aromatic rings. The van der Waals surface area contributed by atoms with Crippen LogP contribution in [-0.2, 0) is 32.5 Å². The van der Waals surface area contributed by atoms with Crippen molar-refractivity contribution in [3.8, 4) is 11.5 Å². The van der Waals surface area contributed by atoms with Gasteiger partial charge in [0, 0.05) is 32.7 Å². The Morgan fingerprint density at radius 3 is 2.28 bits per heavy atom. The van der Waals surface area contributed by atoms with Gasteiger partial charge in [0.05, 0.1) is 51.7 Å². The number of aryl methyl sites for hydroxylation is 3. The predicted octanol–water partition coefficient (Wildman–Crippen LogP) is 3.82. The van der Waals surface area contributed by atoms with Crippen LogP contribution in [0.15, 0.2) is 58.0 Å². The number of methoxy groups -OCH3 is 2. The van der Waals surface area contributed by atoms with Crippen LogP contribution in [-0.4, -0.2) is 95.1 Å². The maximum Gasteiger partial charge on any atom is 0.244 e. The Kier molecular flexibility index (Phi) is 11.3. The molecule has 0 unspecified atom stereocenters. The summed E-state index contributed by atoms with van der Waals surface area (Å²) in [7, 11) is -0.816. The van der Waals surface area contributed by atoms with E-state index >= 15 is 0 Å². The lowest BCUT2D eigenvalue weighted by Crippen LogP contribution is -2.47. The molecular formula is C32H43N3O7S. The van der Waals surface area contributed by atoms with E-state index in [9.17, 15) is 13.2 Å². The van der Waals surface area contributed by atoms with Gasteiger partial charge in [0.25, 0.3) is 0 Å². The van der Waals surface area contributed by atoms with E-state index < -0.39 is 10.0 Å². The number of ether oxygens (including phenoxy) is 3. The summed E-state index contributed by atoms with van der Waals surface area (Å²) in [5.41, 5.74) is 3.28. The molecular weight excluding hydrogens is 570 g/mol. The summed E-state index contributed by atoms with van der Waals surface area (Å²) < 4.78 is 51.6. The molecule has 1 amide bonds. The quantitative estimate of drug-likeness (QED) is 0.271. The van der Waals surface area contributed by atoms with Gasteiger partial charge in [-0.2, -0.15) is 4.31 Å². The minimum atomic E-state index is -3.98. The standard InChI is InChI=1S/C32H43N3O7S/c1-24-19-25(2)32(26(3)20-24)43(37,38)35(13-12-33-14-17-41-18-15-33)23-31(36)34(22-28-7-6-16-42-28)11-10-27-8-9-29(39-4)30(21-27)40-5/h6-9,16,19-21H,10-15,17-18,22-23H2,1-5H3. The third-order valence-electron chi connectivity index (χ3n) is 7.68. The molecule has 0 aliphatic carbocycles. The molecule has 0 saturated carbocycles. The Labute approximate surface area is 255 Å². The highest BCUT2D eigenvalue weighted by molar-refractivity contribution is 7.89. The van der Waals surface area contributed by atoms with E-state index in [0.717, 1.165) is 24.2 Å². The summed E-state index contributed by atoms with van der Waals surface area (Å²) in [4.78, 5) is 18.1. The van der Waals surface area contributed by atoms with Crippen molar-refractivity contribution < 1.29 is 31.8 Å². The van der Waals surface area contributed by atoms with Crippen molar-refractivity contribution in [1.29, 1.82) is 0 Å². The van der Waals surface area contributed by atoms with E-state index in [1.165, 1.54) is 4.31 Å². The number of rotatable bonds is 14. The molecule has 0 N–H and O–H groups in total. The molecule has 1 aromatic heterocycles. The van der Waals surface area contributed by atoms with Crippen LogP contribution in [0.1, 0.15) is 28.0 Å². The lowest BCUT2D eigenvalue weighted by Gasteiger charge is -2.31. The number of nitrogens with zero attached hydrogens (tertiary/aromatic N) is 3. The summed E-state index contributed by atoms with van der Waals surface area (Å²) >= 11 is 0. The van der Waals surface area contributed by atoms with Gasteiger partial charge in [-0.3, -0.25) is 9.69 Å². The third-order valence-corrected chi connectivity index (χ3v) is 9.83. The molecule has 0 spiro atoms. The van der Waals surface area contributed by atoms with Crippen molar-refractivity contribution in [2.75, 3.05) is 66.7 Å². The maximum absolute atomic E-state index is 14.2. The number of furan rings is 1. The maximum atomic E-state index is 14.2. The molecule has 2 heterocycles. The van der Waals surface area contributed by atoms with Gasteiger partial charge >= 0.3 is 0 Å². The third kappa shape index (κ3) is 8.38. The van der Waals surface area contributed by atoms with E-state index in [1.807, 2.05) is 43.3 Å². The van der Waals surface area contributed by atoms with Crippen molar-refractivity contribution in [3.05, 3.63) is 76.7 Å². The minimum Gasteiger partial charge on any atom is -0.493 e. The van der Waals surface area contributed by atoms with Crippen LogP contribution in [0.4, 0.5) is 0 Å². The average molecular weight is 614 g/mol. The zero-order chi connectivity index (χ0) is 31.0. The number of benzene rings is 2. The molecule has 0 bridgehead atoms. The number of morpholine rings is 1. The molecule has 1 aliphatic heterocycles. The van der Waals surface area contributed by atoms with Crippen LogP contribution in [0.5, 0.6) is 11.5 Å². The van der Waals surface area contributed by atoms with Crippen molar-refractivity contribution in [2.45, 2.75) is 38.6 Å². The normalized spacial score (nSPS) is 14.2. The van der Waals surface area contributed by atoms with Crippen LogP contribution in [0.3, 0.4) is 0 Å². The van der Waals surface area contributed by atoms with Crippen LogP contribution in [0, 0.1) is 20.8 Å². The van der Waals surface area contributed by atoms with Crippen LogP contribution >= 0.6 is 0 Å². The van der Waals surface area contributed by atoms with Crippen LogP contribution in [0.25, 0.3) is 0 Å². The fourth-order valence-electron chi connectivity index (χ4n) is 5.50. The number of sulfonamides is 1. The summed E-state index contributed by atoms with van der Waals surface area (Å²) in [5.74, 6) is 1.55. The van der Waals surface area contributed by atoms with Crippen LogP contribution < -0.4 is 9.47 Å². The predicted molar refractivity (Wildman–Crippen MR) is 164 cm³/mol. The Hall–Kier alpha value is -3.38. The molecule has 11 heteroatoms. The minimum absolute atomic E-state index is 0.186. The Balaban J connectivity index is 1.59. The summed E-state index contributed by atoms with van der Waals surface area (Å²) in [6, 6.07) is 13.0. The van der Waals surface area contributed by atoms with Gasteiger partial charge in [-0.25, -0.2) is 8.42 Å². The zero-order valence-electron chi connectivity index (χ0n) is 25.8. The largest absolute Gasteiger partial charge is 0.493 e. The fraction of sp³-hybridized carbons (Fsp3) is 0.469. The average Bonchev–Trinajstić information content (AvgIpc) is 3.50. The second-order valence-electron chi connectivity index (χ2n) is 10.9. The van der Waals surface area contributed by atoms with Crippen molar-refractivity contribution in [3.63, 3.8) is 0 Å². The Bertz CT molecular complexity index is 1450. The highest BCUT2D eigenvalue weighted by atomic mass is 32.2. The highest BCUT2D eigenvalue weighted by Crippen LogP contribution is 2.28. The lowest BCUT2D eigenvalue weighted by atomic mass is 10.1. The zero-order valence-corrected chi connectivity index (χ0v) is 26.6. The molecule has 10 nitrogen and oxygen atoms in total. The first-order valence-electron chi connectivity index (χ1n) is 14.5. The Morgan fingerprint density at radius 2 is 1.65 bits per heavy atom. The number of carbonyl (C=O) groups is 1. The smallest absolute Gasteiger partial charge is 0.244 e. The first-order valence-corrected chi connectivity index (χ1v) is 16.0. The Morgan fingerprint density at radius 1 is 0.953 bits per heavy atom. The fourth-order valence-corrected chi connectivity index (χ4v) is 7.29. The number of amides is 1. The second-order valence-corrected chi connectivity index (χ2v) is 12.7. The van der Waals surface area contributed by atoms with Gasteiger partial charge in [-0.1, -0.05) is 23.8 Å². The molecule has 234 valence electrons. The SMILES string of the molecule is COc1ccc(CCN(Cc2ccco2)C(=O)CN(CCN2CCOCC2)S(=O)(=O)c2c(C)cc(C)cc2C)cc1OC. The molecule has 2 aromatic carbocycles. The van der Waals surface area contributed by atoms with Gasteiger partial charge < -0.3 is 23.5 Å². The molecule has 0 radical (unpaired) electrons. The second kappa shape index (κ2) is 14.9. The van der Waals surface area contributed by atoms with Crippen molar-refractivity contribution in [1.82, 2.24) is 14.1 Å². The first kappa shape index (κ1) is 32.5. The molecule has 4 rings (SSSR count). The van der Waals surface area contributed by atoms with Crippen LogP contribution in [0.2, 0.25) is 0 Å². The van der Waals surface area contributed by atoms with E-state index in [-0.39, 0.29) is 30.4 Å². The summed E-state index contributed by atoms with van der Waals surface area (Å²) in [6.45, 7) is 9.20. The molecule has 0 atom stereocenters. The molecule has 43 heavy (non-hydrogen) atoms. The number of carbonyl (C=O) groups excluding carboxylic acids is 1. The lowest BCUT2D eigenvalue weighted by molar-refractivity contribution is -0.132. The molecule has 1 fully saturated rings. The molecule has 1 aliphatic rings. The van der Waals surface area contributed by atoms with Gasteiger partial charge in [0.1, 0.15) is 5.76 Å². The van der Waals surface area contributed by atoms with Crippen molar-refractivity contribution in [2.24, 2.45) is 0 Å². The summed E-state index contributed by atoms with van der Waals surface area (Å²) in [6.07, 6.45) is 2.10. The van der Waals surface area contributed by atoms with E-state index in [1.54, 1.807) is 45.3 Å². The van der Waals surface area contributed by atoms with E-state index in [2.05, 4.69) is 4.90 Å². The highest BCUT2D eigenvalue weighted by Gasteiger charge is 2.32. The van der Waals surface area contributed by atoms with E-state index in [0.29, 0.717) is 61.1 Å². The van der Waals surface area contributed by atoms with Gasteiger partial charge in [-0.15, -0.1) is 0 Å². The van der Waals surface area contributed by atoms with Gasteiger partial charge in [-0.05, 0) is 68.1 Å².